The lowest BCUT2D eigenvalue weighted by atomic mass is 9.97. The number of hydroxylamine groups is 2. The topological polar surface area (TPSA) is 29.5 Å². The van der Waals surface area contributed by atoms with E-state index in [1.54, 1.807) is 24.3 Å². The van der Waals surface area contributed by atoms with Crippen LogP contribution in [0.1, 0.15) is 11.6 Å². The molecule has 1 aromatic carbocycles. The summed E-state index contributed by atoms with van der Waals surface area (Å²) in [7, 11) is 1.45. The number of ketones is 1. The number of benzene rings is 1. The molecule has 19 heavy (non-hydrogen) atoms. The SMILES string of the molecule is CN1OC=C(C(=O)C(F)(F)F)C1c1ccc(Cl)cc1. The van der Waals surface area contributed by atoms with Crippen molar-refractivity contribution >= 4 is 17.4 Å². The first-order valence-corrected chi connectivity index (χ1v) is 5.65. The molecular formula is C12H9ClF3NO2. The smallest absolute Gasteiger partial charge is 0.413 e. The van der Waals surface area contributed by atoms with E-state index < -0.39 is 23.6 Å². The highest BCUT2D eigenvalue weighted by Gasteiger charge is 2.46. The molecule has 1 heterocycles. The van der Waals surface area contributed by atoms with Crippen LogP contribution >= 0.6 is 11.6 Å². The molecule has 0 saturated heterocycles. The zero-order valence-corrected chi connectivity index (χ0v) is 10.5. The Bertz CT molecular complexity index is 525. The Morgan fingerprint density at radius 1 is 1.32 bits per heavy atom. The lowest BCUT2D eigenvalue weighted by molar-refractivity contribution is -0.167. The van der Waals surface area contributed by atoms with Gasteiger partial charge >= 0.3 is 6.18 Å². The fourth-order valence-corrected chi connectivity index (χ4v) is 1.96. The zero-order chi connectivity index (χ0) is 14.2. The molecule has 0 fully saturated rings. The van der Waals surface area contributed by atoms with Crippen molar-refractivity contribution < 1.29 is 22.8 Å². The number of alkyl halides is 3. The second-order valence-corrected chi connectivity index (χ2v) is 4.44. The number of hydrogen-bond donors (Lipinski definition) is 0. The van der Waals surface area contributed by atoms with Gasteiger partial charge in [0.25, 0.3) is 5.78 Å². The van der Waals surface area contributed by atoms with Crippen molar-refractivity contribution in [2.45, 2.75) is 12.2 Å². The fraction of sp³-hybridized carbons (Fsp3) is 0.250. The molecule has 0 saturated carbocycles. The molecule has 0 amide bonds. The van der Waals surface area contributed by atoms with Crippen LogP contribution in [-0.4, -0.2) is 24.1 Å². The summed E-state index contributed by atoms with van der Waals surface area (Å²) in [6, 6.07) is 5.29. The van der Waals surface area contributed by atoms with Gasteiger partial charge in [-0.05, 0) is 17.7 Å². The largest absolute Gasteiger partial charge is 0.454 e. The Labute approximate surface area is 112 Å². The Balaban J connectivity index is 2.35. The van der Waals surface area contributed by atoms with Crippen molar-refractivity contribution in [1.29, 1.82) is 0 Å². The van der Waals surface area contributed by atoms with E-state index in [1.807, 2.05) is 0 Å². The molecule has 0 aromatic heterocycles. The van der Waals surface area contributed by atoms with Crippen LogP contribution in [0.15, 0.2) is 36.1 Å². The van der Waals surface area contributed by atoms with Crippen molar-refractivity contribution in [3.63, 3.8) is 0 Å². The van der Waals surface area contributed by atoms with Crippen molar-refractivity contribution in [2.75, 3.05) is 7.05 Å². The van der Waals surface area contributed by atoms with Crippen LogP contribution in [0.4, 0.5) is 13.2 Å². The van der Waals surface area contributed by atoms with E-state index in [9.17, 15) is 18.0 Å². The summed E-state index contributed by atoms with van der Waals surface area (Å²) in [4.78, 5) is 16.2. The average Bonchev–Trinajstić information content (AvgIpc) is 2.70. The number of likely N-dealkylation sites (N-methyl/N-ethyl adjacent to an activating group) is 1. The van der Waals surface area contributed by atoms with Crippen LogP contribution in [0.2, 0.25) is 5.02 Å². The van der Waals surface area contributed by atoms with Crippen molar-refractivity contribution in [2.24, 2.45) is 0 Å². The molecule has 2 rings (SSSR count). The first-order valence-electron chi connectivity index (χ1n) is 5.27. The third-order valence-electron chi connectivity index (χ3n) is 2.71. The fourth-order valence-electron chi connectivity index (χ4n) is 1.84. The number of rotatable bonds is 2. The predicted octanol–water partition coefficient (Wildman–Crippen LogP) is 3.27. The van der Waals surface area contributed by atoms with Crippen LogP contribution in [0, 0.1) is 0 Å². The van der Waals surface area contributed by atoms with Crippen LogP contribution in [0.3, 0.4) is 0 Å². The van der Waals surface area contributed by atoms with Crippen LogP contribution in [-0.2, 0) is 9.63 Å². The Morgan fingerprint density at radius 2 is 1.89 bits per heavy atom. The normalized spacial score (nSPS) is 20.1. The van der Waals surface area contributed by atoms with E-state index in [-0.39, 0.29) is 0 Å². The molecule has 1 aliphatic rings. The maximum atomic E-state index is 12.5. The van der Waals surface area contributed by atoms with E-state index in [0.29, 0.717) is 10.6 Å². The molecule has 0 bridgehead atoms. The Hall–Kier alpha value is -1.53. The molecule has 102 valence electrons. The molecule has 1 atom stereocenters. The number of hydrogen-bond acceptors (Lipinski definition) is 3. The predicted molar refractivity (Wildman–Crippen MR) is 62.2 cm³/mol. The lowest BCUT2D eigenvalue weighted by Gasteiger charge is -2.21. The minimum Gasteiger partial charge on any atom is -0.413 e. The monoisotopic (exact) mass is 291 g/mol. The molecule has 1 unspecified atom stereocenters. The number of nitrogens with zero attached hydrogens (tertiary/aromatic N) is 1. The van der Waals surface area contributed by atoms with E-state index in [4.69, 9.17) is 16.4 Å². The molecular weight excluding hydrogens is 283 g/mol. The lowest BCUT2D eigenvalue weighted by Crippen LogP contribution is -2.29. The Kier molecular flexibility index (Phi) is 3.56. The number of Topliss-reactive ketones (excluding diaryl/α,β-unsaturated/α-hetero) is 1. The van der Waals surface area contributed by atoms with Gasteiger partial charge in [0.05, 0.1) is 5.57 Å². The average molecular weight is 292 g/mol. The van der Waals surface area contributed by atoms with Gasteiger partial charge in [0.15, 0.2) is 0 Å². The summed E-state index contributed by atoms with van der Waals surface area (Å²) in [5.74, 6) is -1.91. The van der Waals surface area contributed by atoms with E-state index in [0.717, 1.165) is 6.26 Å². The quantitative estimate of drug-likeness (QED) is 0.837. The van der Waals surface area contributed by atoms with E-state index in [1.165, 1.54) is 12.1 Å². The Morgan fingerprint density at radius 3 is 2.42 bits per heavy atom. The first kappa shape index (κ1) is 13.9. The number of carbonyl (C=O) groups is 1. The summed E-state index contributed by atoms with van der Waals surface area (Å²) >= 11 is 5.72. The standard InChI is InChI=1S/C12H9ClF3NO2/c1-17-10(7-2-4-8(13)5-3-7)9(6-19-17)11(18)12(14,15)16/h2-6,10H,1H3. The maximum absolute atomic E-state index is 12.5. The summed E-state index contributed by atoms with van der Waals surface area (Å²) in [6.45, 7) is 0. The van der Waals surface area contributed by atoms with E-state index >= 15 is 0 Å². The molecule has 1 aliphatic heterocycles. The summed E-state index contributed by atoms with van der Waals surface area (Å²) in [6.07, 6.45) is -4.10. The summed E-state index contributed by atoms with van der Waals surface area (Å²) < 4.78 is 37.5. The summed E-state index contributed by atoms with van der Waals surface area (Å²) in [5.41, 5.74) is 0.0468. The second-order valence-electron chi connectivity index (χ2n) is 4.01. The van der Waals surface area contributed by atoms with Gasteiger partial charge in [0.1, 0.15) is 12.3 Å². The van der Waals surface area contributed by atoms with Crippen LogP contribution in [0.5, 0.6) is 0 Å². The van der Waals surface area contributed by atoms with Gasteiger partial charge in [-0.25, -0.2) is 0 Å². The van der Waals surface area contributed by atoms with Gasteiger partial charge in [-0.3, -0.25) is 4.79 Å². The molecule has 1 aromatic rings. The zero-order valence-electron chi connectivity index (χ0n) is 9.74. The third-order valence-corrected chi connectivity index (χ3v) is 2.96. The van der Waals surface area contributed by atoms with Gasteiger partial charge in [0.2, 0.25) is 0 Å². The van der Waals surface area contributed by atoms with Crippen molar-refractivity contribution in [1.82, 2.24) is 5.06 Å². The molecule has 7 heteroatoms. The van der Waals surface area contributed by atoms with Gasteiger partial charge < -0.3 is 4.84 Å². The van der Waals surface area contributed by atoms with Crippen molar-refractivity contribution in [3.8, 4) is 0 Å². The van der Waals surface area contributed by atoms with Crippen LogP contribution < -0.4 is 0 Å². The summed E-state index contributed by atoms with van der Waals surface area (Å²) in [5, 5.41) is 1.64. The molecule has 0 radical (unpaired) electrons. The van der Waals surface area contributed by atoms with E-state index in [2.05, 4.69) is 0 Å². The molecule has 0 aliphatic carbocycles. The second kappa shape index (κ2) is 4.86. The molecule has 0 N–H and O–H groups in total. The van der Waals surface area contributed by atoms with Crippen molar-refractivity contribution in [3.05, 3.63) is 46.7 Å². The minimum atomic E-state index is -4.93. The number of halogens is 4. The van der Waals surface area contributed by atoms with Gasteiger partial charge in [-0.15, -0.1) is 5.06 Å². The van der Waals surface area contributed by atoms with Gasteiger partial charge in [0, 0.05) is 12.1 Å². The highest BCUT2D eigenvalue weighted by atomic mass is 35.5. The highest BCUT2D eigenvalue weighted by molar-refractivity contribution is 6.30. The number of carbonyl (C=O) groups excluding carboxylic acids is 1. The third kappa shape index (κ3) is 2.74. The highest BCUT2D eigenvalue weighted by Crippen LogP contribution is 2.37. The molecule has 0 spiro atoms. The minimum absolute atomic E-state index is 0.447. The first-order chi connectivity index (χ1) is 8.80. The maximum Gasteiger partial charge on any atom is 0.454 e. The molecule has 3 nitrogen and oxygen atoms in total. The van der Waals surface area contributed by atoms with Gasteiger partial charge in [-0.1, -0.05) is 23.7 Å². The van der Waals surface area contributed by atoms with Crippen LogP contribution in [0.25, 0.3) is 0 Å². The van der Waals surface area contributed by atoms with Gasteiger partial charge in [-0.2, -0.15) is 13.2 Å².